The summed E-state index contributed by atoms with van der Waals surface area (Å²) in [5.74, 6) is 2.62. The number of nitrogens with zero attached hydrogens (tertiary/aromatic N) is 5. The first-order chi connectivity index (χ1) is 23.7. The van der Waals surface area contributed by atoms with Crippen LogP contribution < -0.4 is 9.64 Å². The van der Waals surface area contributed by atoms with Gasteiger partial charge < -0.3 is 19.5 Å². The van der Waals surface area contributed by atoms with Crippen LogP contribution in [0.1, 0.15) is 76.8 Å². The summed E-state index contributed by atoms with van der Waals surface area (Å²) < 4.78 is 27.1. The van der Waals surface area contributed by atoms with Crippen molar-refractivity contribution in [3.8, 4) is 29.6 Å². The van der Waals surface area contributed by atoms with Gasteiger partial charge in [-0.3, -0.25) is 14.7 Å². The second kappa shape index (κ2) is 13.2. The minimum Gasteiger partial charge on any atom is -0.464 e. The number of aliphatic hydroxyl groups is 1. The fourth-order valence-corrected chi connectivity index (χ4v) is 8.35. The first-order valence-corrected chi connectivity index (χ1v) is 17.6. The smallest absolute Gasteiger partial charge is 0.319 e. The third-order valence-electron chi connectivity index (χ3n) is 10.8. The van der Waals surface area contributed by atoms with Gasteiger partial charge in [-0.2, -0.15) is 9.97 Å². The van der Waals surface area contributed by atoms with Crippen molar-refractivity contribution in [1.29, 1.82) is 0 Å². The molecule has 0 radical (unpaired) electrons. The van der Waals surface area contributed by atoms with Crippen LogP contribution in [0.2, 0.25) is 0 Å². The molecule has 0 spiro atoms. The number of carbonyl (C=O) groups is 1. The minimum absolute atomic E-state index is 0.170. The molecule has 5 heterocycles. The van der Waals surface area contributed by atoms with E-state index in [1.54, 1.807) is 12.3 Å². The summed E-state index contributed by atoms with van der Waals surface area (Å²) in [6.07, 6.45) is 14.0. The predicted octanol–water partition coefficient (Wildman–Crippen LogP) is 6.21. The maximum Gasteiger partial charge on any atom is 0.319 e. The Bertz CT molecular complexity index is 1960. The average Bonchev–Trinajstić information content (AvgIpc) is 3.67. The highest BCUT2D eigenvalue weighted by atomic mass is 19.1. The Labute approximate surface area is 286 Å². The molecule has 3 aliphatic heterocycles. The highest BCUT2D eigenvalue weighted by Crippen LogP contribution is 2.43. The minimum atomic E-state index is -0.862. The van der Waals surface area contributed by atoms with E-state index < -0.39 is 11.4 Å². The fraction of sp³-hybridized carbons (Fsp3) is 0.487. The molecule has 10 heteroatoms. The van der Waals surface area contributed by atoms with E-state index in [0.29, 0.717) is 61.4 Å². The number of carbonyl (C=O) groups excluding carboxylic acids is 1. The molecule has 0 bridgehead atoms. The SMILES string of the molecule is C#Cc1c(F)ccc2cccc(-c3ncc4c(N5CCC[C@@](C)(O)C5)nc(OC[C@@]56CCCN5[C@H](COC(=O)CC)CC6)nc4c3CC)c12. The van der Waals surface area contributed by atoms with E-state index >= 15 is 0 Å². The van der Waals surface area contributed by atoms with Crippen LogP contribution in [-0.4, -0.2) is 81.0 Å². The number of anilines is 1. The number of piperidine rings is 1. The largest absolute Gasteiger partial charge is 0.464 e. The number of esters is 1. The molecule has 49 heavy (non-hydrogen) atoms. The number of ether oxygens (including phenoxy) is 2. The molecule has 2 aromatic heterocycles. The summed E-state index contributed by atoms with van der Waals surface area (Å²) in [5.41, 5.74) is 2.20. The third kappa shape index (κ3) is 6.08. The van der Waals surface area contributed by atoms with E-state index in [2.05, 4.69) is 22.6 Å². The van der Waals surface area contributed by atoms with Gasteiger partial charge in [-0.05, 0) is 69.9 Å². The molecule has 3 aliphatic rings. The highest BCUT2D eigenvalue weighted by Gasteiger charge is 2.50. The summed E-state index contributed by atoms with van der Waals surface area (Å²) in [6.45, 7) is 8.63. The van der Waals surface area contributed by atoms with E-state index in [1.807, 2.05) is 32.0 Å². The molecule has 0 amide bonds. The maximum atomic E-state index is 15.0. The maximum absolute atomic E-state index is 15.0. The number of fused-ring (bicyclic) bond motifs is 3. The van der Waals surface area contributed by atoms with Crippen molar-refractivity contribution in [2.75, 3.05) is 37.7 Å². The molecule has 256 valence electrons. The Morgan fingerprint density at radius 2 is 1.98 bits per heavy atom. The quantitative estimate of drug-likeness (QED) is 0.165. The Morgan fingerprint density at radius 3 is 2.76 bits per heavy atom. The van der Waals surface area contributed by atoms with Crippen molar-refractivity contribution in [1.82, 2.24) is 19.9 Å². The Morgan fingerprint density at radius 1 is 1.14 bits per heavy atom. The van der Waals surface area contributed by atoms with Gasteiger partial charge in [0, 0.05) is 48.3 Å². The standard InChI is InChI=1S/C39H44FN5O4/c1-5-27-31(40)14-13-25-11-8-12-29(33(25)27)34-28(6-2)35-30(21-41-34)36(44-19-9-16-38(4,47)23-44)43-37(42-35)49-24-39-17-10-20-45(39)26(15-18-39)22-48-32(46)7-3/h1,8,11-14,21,26,47H,6-7,9-10,15-20,22-24H2,2-4H3/t26-,38+,39-/m0/s1. The number of aryl methyl sites for hydroxylation is 1. The Hall–Kier alpha value is -4.33. The van der Waals surface area contributed by atoms with E-state index in [-0.39, 0.29) is 29.1 Å². The number of pyridine rings is 1. The molecular formula is C39H44FN5O4. The number of hydrogen-bond donors (Lipinski definition) is 1. The van der Waals surface area contributed by atoms with Crippen LogP contribution >= 0.6 is 0 Å². The predicted molar refractivity (Wildman–Crippen MR) is 188 cm³/mol. The number of terminal acetylenes is 1. The second-order valence-corrected chi connectivity index (χ2v) is 14.1. The second-order valence-electron chi connectivity index (χ2n) is 14.1. The fourth-order valence-electron chi connectivity index (χ4n) is 8.35. The lowest BCUT2D eigenvalue weighted by molar-refractivity contribution is -0.145. The van der Waals surface area contributed by atoms with E-state index in [0.717, 1.165) is 67.1 Å². The van der Waals surface area contributed by atoms with Crippen LogP contribution in [0.4, 0.5) is 10.2 Å². The van der Waals surface area contributed by atoms with Crippen LogP contribution in [0, 0.1) is 18.2 Å². The molecular weight excluding hydrogens is 621 g/mol. The Balaban J connectivity index is 1.31. The van der Waals surface area contributed by atoms with Gasteiger partial charge in [0.2, 0.25) is 0 Å². The molecule has 0 aliphatic carbocycles. The van der Waals surface area contributed by atoms with Crippen LogP contribution in [0.3, 0.4) is 0 Å². The number of hydrogen-bond acceptors (Lipinski definition) is 9. The zero-order valence-electron chi connectivity index (χ0n) is 28.6. The van der Waals surface area contributed by atoms with E-state index in [1.165, 1.54) is 6.07 Å². The van der Waals surface area contributed by atoms with Gasteiger partial charge in [0.25, 0.3) is 0 Å². The van der Waals surface area contributed by atoms with Gasteiger partial charge in [0.15, 0.2) is 0 Å². The lowest BCUT2D eigenvalue weighted by atomic mass is 9.93. The van der Waals surface area contributed by atoms with Gasteiger partial charge in [0.05, 0.1) is 33.3 Å². The zero-order chi connectivity index (χ0) is 34.3. The molecule has 3 saturated heterocycles. The Kier molecular flexibility index (Phi) is 8.92. The molecule has 7 rings (SSSR count). The topological polar surface area (TPSA) is 101 Å². The summed E-state index contributed by atoms with van der Waals surface area (Å²) >= 11 is 0. The normalized spacial score (nSPS) is 23.9. The third-order valence-corrected chi connectivity index (χ3v) is 10.8. The van der Waals surface area contributed by atoms with Gasteiger partial charge in [-0.25, -0.2) is 4.39 Å². The van der Waals surface area contributed by atoms with Crippen LogP contribution in [0.25, 0.3) is 32.9 Å². The summed E-state index contributed by atoms with van der Waals surface area (Å²) in [5, 5.41) is 13.3. The van der Waals surface area contributed by atoms with Crippen molar-refractivity contribution >= 4 is 33.5 Å². The number of β-amino-alcohol motifs (C(OH)–C–C–N with tert-alkyl or cyclic N) is 1. The van der Waals surface area contributed by atoms with Crippen LogP contribution in [-0.2, 0) is 16.0 Å². The lowest BCUT2D eigenvalue weighted by Gasteiger charge is -2.38. The molecule has 3 atom stereocenters. The van der Waals surface area contributed by atoms with E-state index in [9.17, 15) is 14.3 Å². The lowest BCUT2D eigenvalue weighted by Crippen LogP contribution is -2.48. The highest BCUT2D eigenvalue weighted by molar-refractivity contribution is 6.03. The monoisotopic (exact) mass is 665 g/mol. The molecule has 2 aromatic carbocycles. The average molecular weight is 666 g/mol. The van der Waals surface area contributed by atoms with Crippen molar-refractivity contribution in [3.63, 3.8) is 0 Å². The van der Waals surface area contributed by atoms with Crippen molar-refractivity contribution < 1.29 is 23.8 Å². The van der Waals surface area contributed by atoms with Crippen molar-refractivity contribution in [2.45, 2.75) is 89.3 Å². The van der Waals surface area contributed by atoms with Crippen molar-refractivity contribution in [3.05, 3.63) is 53.5 Å². The molecule has 4 aromatic rings. The first-order valence-electron chi connectivity index (χ1n) is 17.6. The van der Waals surface area contributed by atoms with Gasteiger partial charge in [-0.15, -0.1) is 6.42 Å². The zero-order valence-corrected chi connectivity index (χ0v) is 28.6. The van der Waals surface area contributed by atoms with Crippen LogP contribution in [0.15, 0.2) is 36.5 Å². The van der Waals surface area contributed by atoms with Crippen LogP contribution in [0.5, 0.6) is 6.01 Å². The van der Waals surface area contributed by atoms with Gasteiger partial charge >= 0.3 is 12.0 Å². The molecule has 0 saturated carbocycles. The van der Waals surface area contributed by atoms with E-state index in [4.69, 9.17) is 30.8 Å². The summed E-state index contributed by atoms with van der Waals surface area (Å²) in [4.78, 5) is 31.5. The van der Waals surface area contributed by atoms with Gasteiger partial charge in [-0.1, -0.05) is 44.0 Å². The molecule has 3 fully saturated rings. The number of aromatic nitrogens is 3. The van der Waals surface area contributed by atoms with Crippen molar-refractivity contribution in [2.24, 2.45) is 0 Å². The molecule has 1 N–H and O–H groups in total. The molecule has 0 unspecified atom stereocenters. The summed E-state index contributed by atoms with van der Waals surface area (Å²) in [7, 11) is 0. The number of benzene rings is 2. The number of rotatable bonds is 9. The summed E-state index contributed by atoms with van der Waals surface area (Å²) in [6, 6.07) is 9.37. The first kappa shape index (κ1) is 33.2. The van der Waals surface area contributed by atoms with Gasteiger partial charge in [0.1, 0.15) is 24.8 Å². The number of halogens is 1. The molecule has 9 nitrogen and oxygen atoms in total.